The molecule has 178 valence electrons. The van der Waals surface area contributed by atoms with E-state index in [2.05, 4.69) is 20.9 Å². The molecule has 3 aromatic rings. The van der Waals surface area contributed by atoms with Crippen LogP contribution in [0.2, 0.25) is 0 Å². The number of amides is 2. The van der Waals surface area contributed by atoms with E-state index < -0.39 is 11.6 Å². The first kappa shape index (κ1) is 23.3. The van der Waals surface area contributed by atoms with Crippen LogP contribution >= 0.6 is 0 Å². The van der Waals surface area contributed by atoms with E-state index >= 15 is 0 Å². The van der Waals surface area contributed by atoms with Crippen LogP contribution in [-0.4, -0.2) is 46.0 Å². The lowest BCUT2D eigenvalue weighted by atomic mass is 10.1. The van der Waals surface area contributed by atoms with Crippen molar-refractivity contribution in [3.05, 3.63) is 71.1 Å². The Kier molecular flexibility index (Phi) is 7.15. The maximum atomic E-state index is 13.4. The molecule has 0 aliphatic heterocycles. The van der Waals surface area contributed by atoms with Crippen molar-refractivity contribution >= 4 is 11.8 Å². The predicted octanol–water partition coefficient (Wildman–Crippen LogP) is 3.20. The summed E-state index contributed by atoms with van der Waals surface area (Å²) in [5.41, 5.74) is 1.99. The molecule has 0 saturated heterocycles. The number of nitrogens with one attached hydrogen (secondary N) is 2. The average Bonchev–Trinajstić information content (AvgIpc) is 3.54. The molecule has 0 radical (unpaired) electrons. The predicted molar refractivity (Wildman–Crippen MR) is 120 cm³/mol. The monoisotopic (exact) mass is 469 g/mol. The fourth-order valence-electron chi connectivity index (χ4n) is 3.40. The SMILES string of the molecule is CCNC(=O)c1ccc(-n2nnc(C(=O)NC3CC3)c2CCCOc2ccc(F)c(F)c2)cc1. The molecular weight excluding hydrogens is 444 g/mol. The van der Waals surface area contributed by atoms with E-state index in [1.54, 1.807) is 28.9 Å². The molecule has 1 aliphatic carbocycles. The van der Waals surface area contributed by atoms with Crippen LogP contribution in [0, 0.1) is 11.6 Å². The first-order valence-corrected chi connectivity index (χ1v) is 11.2. The first-order valence-electron chi connectivity index (χ1n) is 11.2. The molecule has 1 fully saturated rings. The van der Waals surface area contributed by atoms with E-state index in [0.717, 1.165) is 25.0 Å². The minimum atomic E-state index is -0.977. The van der Waals surface area contributed by atoms with Gasteiger partial charge >= 0.3 is 0 Å². The number of halogens is 2. The van der Waals surface area contributed by atoms with Crippen molar-refractivity contribution in [2.24, 2.45) is 0 Å². The van der Waals surface area contributed by atoms with Gasteiger partial charge in [0.1, 0.15) is 5.75 Å². The third-order valence-electron chi connectivity index (χ3n) is 5.32. The fraction of sp³-hybridized carbons (Fsp3) is 0.333. The minimum Gasteiger partial charge on any atom is -0.493 e. The zero-order chi connectivity index (χ0) is 24.1. The molecule has 10 heteroatoms. The zero-order valence-electron chi connectivity index (χ0n) is 18.7. The molecule has 0 bridgehead atoms. The van der Waals surface area contributed by atoms with Gasteiger partial charge < -0.3 is 15.4 Å². The summed E-state index contributed by atoms with van der Waals surface area (Å²) in [5, 5.41) is 14.0. The van der Waals surface area contributed by atoms with Crippen LogP contribution in [0.25, 0.3) is 5.69 Å². The number of carbonyl (C=O) groups is 2. The highest BCUT2D eigenvalue weighted by Crippen LogP contribution is 2.21. The number of benzene rings is 2. The number of hydrogen-bond acceptors (Lipinski definition) is 5. The van der Waals surface area contributed by atoms with Gasteiger partial charge in [-0.25, -0.2) is 13.5 Å². The molecule has 2 amide bonds. The van der Waals surface area contributed by atoms with Crippen LogP contribution in [-0.2, 0) is 6.42 Å². The third kappa shape index (κ3) is 5.56. The van der Waals surface area contributed by atoms with E-state index in [4.69, 9.17) is 4.74 Å². The molecule has 2 N–H and O–H groups in total. The number of aromatic nitrogens is 3. The Morgan fingerprint density at radius 3 is 2.53 bits per heavy atom. The van der Waals surface area contributed by atoms with Crippen molar-refractivity contribution in [2.45, 2.75) is 38.6 Å². The van der Waals surface area contributed by atoms with Gasteiger partial charge in [-0.2, -0.15) is 0 Å². The number of rotatable bonds is 10. The summed E-state index contributed by atoms with van der Waals surface area (Å²) in [6.45, 7) is 2.59. The molecule has 8 nitrogen and oxygen atoms in total. The summed E-state index contributed by atoms with van der Waals surface area (Å²) >= 11 is 0. The van der Waals surface area contributed by atoms with Gasteiger partial charge in [0.2, 0.25) is 0 Å². The highest BCUT2D eigenvalue weighted by Gasteiger charge is 2.27. The molecule has 2 aromatic carbocycles. The van der Waals surface area contributed by atoms with E-state index in [1.165, 1.54) is 6.07 Å². The Labute approximate surface area is 195 Å². The zero-order valence-corrected chi connectivity index (χ0v) is 18.7. The van der Waals surface area contributed by atoms with Gasteiger partial charge in [-0.05, 0) is 69.0 Å². The standard InChI is InChI=1S/C24H25F2N5O3/c1-2-27-23(32)15-5-9-17(10-6-15)31-21(22(29-30-31)24(33)28-16-7-8-16)4-3-13-34-18-11-12-19(25)20(26)14-18/h5-6,9-12,14,16H,2-4,7-8,13H2,1H3,(H,27,32)(H,28,33). The van der Waals surface area contributed by atoms with Crippen LogP contribution < -0.4 is 15.4 Å². The lowest BCUT2D eigenvalue weighted by molar-refractivity contribution is 0.0940. The Bertz CT molecular complexity index is 1180. The van der Waals surface area contributed by atoms with E-state index in [9.17, 15) is 18.4 Å². The second kappa shape index (κ2) is 10.4. The third-order valence-corrected chi connectivity index (χ3v) is 5.32. The topological polar surface area (TPSA) is 98.1 Å². The van der Waals surface area contributed by atoms with Crippen LogP contribution in [0.1, 0.15) is 52.7 Å². The van der Waals surface area contributed by atoms with Crippen molar-refractivity contribution in [1.82, 2.24) is 25.6 Å². The molecule has 1 aliphatic rings. The van der Waals surface area contributed by atoms with Gasteiger partial charge in [0.15, 0.2) is 17.3 Å². The maximum absolute atomic E-state index is 13.4. The summed E-state index contributed by atoms with van der Waals surface area (Å²) < 4.78 is 33.6. The van der Waals surface area contributed by atoms with Crippen LogP contribution in [0.4, 0.5) is 8.78 Å². The van der Waals surface area contributed by atoms with E-state index in [0.29, 0.717) is 36.3 Å². The molecule has 34 heavy (non-hydrogen) atoms. The number of nitrogens with zero attached hydrogens (tertiary/aromatic N) is 3. The molecular formula is C24H25F2N5O3. The summed E-state index contributed by atoms with van der Waals surface area (Å²) in [4.78, 5) is 24.7. The van der Waals surface area contributed by atoms with Crippen LogP contribution in [0.3, 0.4) is 0 Å². The number of carbonyl (C=O) groups excluding carboxylic acids is 2. The fourth-order valence-corrected chi connectivity index (χ4v) is 3.40. The van der Waals surface area contributed by atoms with Crippen LogP contribution in [0.5, 0.6) is 5.75 Å². The summed E-state index contributed by atoms with van der Waals surface area (Å²) in [6.07, 6.45) is 2.77. The molecule has 0 spiro atoms. The van der Waals surface area contributed by atoms with Crippen molar-refractivity contribution in [1.29, 1.82) is 0 Å². The van der Waals surface area contributed by atoms with Gasteiger partial charge in [-0.15, -0.1) is 5.10 Å². The Morgan fingerprint density at radius 1 is 1.09 bits per heavy atom. The van der Waals surface area contributed by atoms with Gasteiger partial charge in [-0.3, -0.25) is 9.59 Å². The lowest BCUT2D eigenvalue weighted by Gasteiger charge is -2.10. The highest BCUT2D eigenvalue weighted by molar-refractivity contribution is 5.94. The van der Waals surface area contributed by atoms with Crippen molar-refractivity contribution in [3.8, 4) is 11.4 Å². The smallest absolute Gasteiger partial charge is 0.273 e. The van der Waals surface area contributed by atoms with Crippen molar-refractivity contribution < 1.29 is 23.1 Å². The Balaban J connectivity index is 1.50. The lowest BCUT2D eigenvalue weighted by Crippen LogP contribution is -2.27. The molecule has 1 heterocycles. The van der Waals surface area contributed by atoms with Crippen LogP contribution in [0.15, 0.2) is 42.5 Å². The molecule has 0 atom stereocenters. The van der Waals surface area contributed by atoms with Crippen molar-refractivity contribution in [3.63, 3.8) is 0 Å². The van der Waals surface area contributed by atoms with Crippen molar-refractivity contribution in [2.75, 3.05) is 13.2 Å². The maximum Gasteiger partial charge on any atom is 0.273 e. The highest BCUT2D eigenvalue weighted by atomic mass is 19.2. The van der Waals surface area contributed by atoms with E-state index in [1.807, 2.05) is 6.92 Å². The molecule has 4 rings (SSSR count). The summed E-state index contributed by atoms with van der Waals surface area (Å²) in [5.74, 6) is -2.16. The largest absolute Gasteiger partial charge is 0.493 e. The molecule has 1 saturated carbocycles. The summed E-state index contributed by atoms with van der Waals surface area (Å²) in [6, 6.07) is 10.4. The Hall–Kier alpha value is -3.82. The second-order valence-electron chi connectivity index (χ2n) is 7.98. The quantitative estimate of drug-likeness (QED) is 0.445. The minimum absolute atomic E-state index is 0.165. The Morgan fingerprint density at radius 2 is 1.85 bits per heavy atom. The van der Waals surface area contributed by atoms with Gasteiger partial charge in [0.25, 0.3) is 11.8 Å². The second-order valence-corrected chi connectivity index (χ2v) is 7.98. The first-order chi connectivity index (χ1) is 16.5. The van der Waals surface area contributed by atoms with Gasteiger partial charge in [0.05, 0.1) is 18.0 Å². The normalized spacial score (nSPS) is 12.9. The molecule has 0 unspecified atom stereocenters. The van der Waals surface area contributed by atoms with Gasteiger partial charge in [0, 0.05) is 24.2 Å². The van der Waals surface area contributed by atoms with Gasteiger partial charge in [-0.1, -0.05) is 5.21 Å². The number of ether oxygens (including phenoxy) is 1. The number of hydrogen-bond donors (Lipinski definition) is 2. The average molecular weight is 469 g/mol. The molecule has 1 aromatic heterocycles. The van der Waals surface area contributed by atoms with E-state index in [-0.39, 0.29) is 35.9 Å². The summed E-state index contributed by atoms with van der Waals surface area (Å²) in [7, 11) is 0.